The van der Waals surface area contributed by atoms with Gasteiger partial charge in [0.25, 0.3) is 15.9 Å². The van der Waals surface area contributed by atoms with Crippen molar-refractivity contribution in [1.82, 2.24) is 19.6 Å². The maximum atomic E-state index is 14.7. The maximum Gasteiger partial charge on any atom is 0.316 e. The topological polar surface area (TPSA) is 199 Å². The van der Waals surface area contributed by atoms with Gasteiger partial charge in [-0.15, -0.1) is 0 Å². The maximum absolute atomic E-state index is 14.7. The van der Waals surface area contributed by atoms with Crippen LogP contribution >= 0.6 is 0 Å². The van der Waals surface area contributed by atoms with E-state index in [0.717, 1.165) is 69.7 Å². The minimum Gasteiger partial charge on any atom is -0.485 e. The molecule has 2 atom stereocenters. The minimum absolute atomic E-state index is 0.000233. The van der Waals surface area contributed by atoms with Crippen molar-refractivity contribution in [2.75, 3.05) is 44.4 Å². The fourth-order valence-electron chi connectivity index (χ4n) is 11.1. The van der Waals surface area contributed by atoms with Gasteiger partial charge in [0.2, 0.25) is 5.75 Å². The molecule has 1 amide bonds. The molecule has 5 aromatic rings. The number of H-pyrrole nitrogens is 1. The fourth-order valence-corrected chi connectivity index (χ4v) is 12.1. The van der Waals surface area contributed by atoms with Gasteiger partial charge in [-0.2, -0.15) is 0 Å². The van der Waals surface area contributed by atoms with Crippen LogP contribution < -0.4 is 23.8 Å². The van der Waals surface area contributed by atoms with Gasteiger partial charge >= 0.3 is 5.69 Å². The largest absolute Gasteiger partial charge is 0.485 e. The lowest BCUT2D eigenvalue weighted by atomic mass is 9.59. The van der Waals surface area contributed by atoms with Crippen LogP contribution in [0.25, 0.3) is 11.0 Å². The average Bonchev–Trinajstić information content (AvgIpc) is 3.69. The first-order chi connectivity index (χ1) is 32.6. The van der Waals surface area contributed by atoms with Gasteiger partial charge < -0.3 is 33.9 Å². The molecule has 0 radical (unpaired) electrons. The number of nitro groups is 1. The van der Waals surface area contributed by atoms with Crippen LogP contribution in [0.5, 0.6) is 23.0 Å². The highest BCUT2D eigenvalue weighted by Crippen LogP contribution is 2.53. The number of carbonyl (C=O) groups excluding carboxylic acids is 1. The highest BCUT2D eigenvalue weighted by Gasteiger charge is 2.50. The van der Waals surface area contributed by atoms with E-state index in [4.69, 9.17) is 18.9 Å². The summed E-state index contributed by atoms with van der Waals surface area (Å²) in [6.07, 6.45) is 8.51. The third-order valence-electron chi connectivity index (χ3n) is 15.1. The van der Waals surface area contributed by atoms with Gasteiger partial charge in [0.05, 0.1) is 51.8 Å². The summed E-state index contributed by atoms with van der Waals surface area (Å²) in [4.78, 5) is 37.0. The van der Waals surface area contributed by atoms with E-state index in [9.17, 15) is 32.8 Å². The van der Waals surface area contributed by atoms with Crippen LogP contribution in [0.1, 0.15) is 106 Å². The number of nitro benzene ring substituents is 1. The van der Waals surface area contributed by atoms with Crippen molar-refractivity contribution in [3.05, 3.63) is 106 Å². The number of piperidine rings is 1. The number of halogens is 1. The molecule has 4 fully saturated rings. The van der Waals surface area contributed by atoms with E-state index in [2.05, 4.69) is 62.6 Å². The Hall–Kier alpha value is -5.82. The molecule has 3 aliphatic heterocycles. The molecular formula is C50H57FN6O10S. The van der Waals surface area contributed by atoms with Gasteiger partial charge in [0.1, 0.15) is 35.7 Å². The standard InChI is InChI=1S/C50H57FN6O10S/c1-30(2)36-6-4-5-7-37(36)42-28-64-19-18-56(42)33-24-50(25-33)14-16-55(17-15-50)32-8-9-38(43(20-32)66-34-21-39-40(51)27-53-47(39)52-26-34)48(58)54-68(62,63)35-22-41(57(60)61)46-44(23-35)65-29-45(67-46)31-10-12-49(3,59)13-11-31/h4-9,20-23,26-27,30-31,33,42,45,59H,10-19,24-25,28-29H2,1-3H3,(H,52,53)(H,54,58)/t31?,42-,45+,49?/m1/s1. The van der Waals surface area contributed by atoms with Gasteiger partial charge in [-0.3, -0.25) is 19.8 Å². The first-order valence-electron chi connectivity index (χ1n) is 23.6. The van der Waals surface area contributed by atoms with Crippen molar-refractivity contribution in [2.24, 2.45) is 11.3 Å². The zero-order chi connectivity index (χ0) is 47.5. The Morgan fingerprint density at radius 1 is 1.04 bits per heavy atom. The van der Waals surface area contributed by atoms with Crippen LogP contribution in [-0.4, -0.2) is 96.4 Å². The Labute approximate surface area is 394 Å². The quantitative estimate of drug-likeness (QED) is 0.0842. The molecule has 16 nitrogen and oxygen atoms in total. The molecule has 10 rings (SSSR count). The van der Waals surface area contributed by atoms with Crippen LogP contribution in [0.15, 0.2) is 78.0 Å². The van der Waals surface area contributed by atoms with Crippen LogP contribution in [0.2, 0.25) is 0 Å². The molecule has 1 spiro atoms. The molecule has 0 bridgehead atoms. The van der Waals surface area contributed by atoms with Crippen molar-refractivity contribution in [3.63, 3.8) is 0 Å². The Kier molecular flexibility index (Phi) is 12.1. The number of sulfonamides is 1. The first kappa shape index (κ1) is 45.9. The zero-order valence-corrected chi connectivity index (χ0v) is 39.2. The molecule has 3 N–H and O–H groups in total. The van der Waals surface area contributed by atoms with Crippen LogP contribution in [0.4, 0.5) is 15.8 Å². The predicted octanol–water partition coefficient (Wildman–Crippen LogP) is 8.55. The highest BCUT2D eigenvalue weighted by atomic mass is 32.2. The van der Waals surface area contributed by atoms with Gasteiger partial charge in [-0.1, -0.05) is 38.1 Å². The van der Waals surface area contributed by atoms with Gasteiger partial charge in [0, 0.05) is 55.8 Å². The Balaban J connectivity index is 0.864. The second-order valence-electron chi connectivity index (χ2n) is 19.9. The highest BCUT2D eigenvalue weighted by molar-refractivity contribution is 7.90. The van der Waals surface area contributed by atoms with E-state index in [0.29, 0.717) is 49.9 Å². The number of hydrogen-bond donors (Lipinski definition) is 3. The van der Waals surface area contributed by atoms with E-state index in [1.54, 1.807) is 19.1 Å². The molecule has 18 heteroatoms. The predicted molar refractivity (Wildman–Crippen MR) is 251 cm³/mol. The molecule has 2 aromatic heterocycles. The number of ether oxygens (including phenoxy) is 4. The van der Waals surface area contributed by atoms with E-state index >= 15 is 0 Å². The minimum atomic E-state index is -4.75. The van der Waals surface area contributed by atoms with Crippen molar-refractivity contribution in [3.8, 4) is 23.0 Å². The molecule has 2 saturated carbocycles. The van der Waals surface area contributed by atoms with Crippen molar-refractivity contribution >= 4 is 38.3 Å². The molecule has 3 aromatic carbocycles. The summed E-state index contributed by atoms with van der Waals surface area (Å²) < 4.78 is 68.9. The van der Waals surface area contributed by atoms with E-state index in [1.807, 2.05) is 0 Å². The summed E-state index contributed by atoms with van der Waals surface area (Å²) in [5.74, 6) is -1.44. The molecule has 2 saturated heterocycles. The van der Waals surface area contributed by atoms with Crippen LogP contribution in [0, 0.1) is 27.3 Å². The number of hydrogen-bond acceptors (Lipinski definition) is 13. The summed E-state index contributed by atoms with van der Waals surface area (Å²) in [5.41, 5.74) is 2.41. The number of aliphatic hydroxyl groups is 1. The number of nitrogens with zero attached hydrogens (tertiary/aromatic N) is 4. The SMILES string of the molecule is CC(C)c1ccccc1[C@H]1COCCN1C1CC2(CCN(c3ccc(C(=O)NS(=O)(=O)c4cc5c(c([N+](=O)[O-])c4)O[C@H](C4CCC(C)(O)CC4)CO5)c(Oc4cnc5[nH]cc(F)c5c4)c3)CC2)C1. The molecule has 68 heavy (non-hydrogen) atoms. The average molecular weight is 953 g/mol. The summed E-state index contributed by atoms with van der Waals surface area (Å²) in [6.45, 7) is 10.1. The van der Waals surface area contributed by atoms with Gasteiger partial charge in [-0.05, 0) is 105 Å². The molecule has 360 valence electrons. The van der Waals surface area contributed by atoms with E-state index in [-0.39, 0.29) is 57.9 Å². The van der Waals surface area contributed by atoms with Crippen molar-refractivity contribution in [1.29, 1.82) is 0 Å². The number of nitrogens with one attached hydrogen (secondary N) is 2. The number of fused-ring (bicyclic) bond motifs is 2. The fraction of sp³-hybridized carbons (Fsp3) is 0.480. The number of aromatic amines is 1. The summed E-state index contributed by atoms with van der Waals surface area (Å²) >= 11 is 0. The molecular weight excluding hydrogens is 896 g/mol. The van der Waals surface area contributed by atoms with E-state index in [1.165, 1.54) is 35.7 Å². The second-order valence-corrected chi connectivity index (χ2v) is 21.6. The smallest absolute Gasteiger partial charge is 0.316 e. The summed E-state index contributed by atoms with van der Waals surface area (Å²) in [7, 11) is -4.75. The van der Waals surface area contributed by atoms with E-state index < -0.39 is 49.0 Å². The lowest BCUT2D eigenvalue weighted by molar-refractivity contribution is -0.386. The third kappa shape index (κ3) is 8.98. The third-order valence-corrected chi connectivity index (χ3v) is 16.4. The Morgan fingerprint density at radius 3 is 2.56 bits per heavy atom. The number of anilines is 1. The number of amides is 1. The zero-order valence-electron chi connectivity index (χ0n) is 38.4. The number of rotatable bonds is 11. The second kappa shape index (κ2) is 17.9. The lowest BCUT2D eigenvalue weighted by Crippen LogP contribution is -2.58. The number of pyridine rings is 1. The lowest BCUT2D eigenvalue weighted by Gasteiger charge is -2.57. The number of aromatic nitrogens is 2. The van der Waals surface area contributed by atoms with Crippen molar-refractivity contribution < 1.29 is 46.6 Å². The van der Waals surface area contributed by atoms with Crippen LogP contribution in [-0.2, 0) is 14.8 Å². The molecule has 2 aliphatic carbocycles. The van der Waals surface area contributed by atoms with Crippen molar-refractivity contribution in [2.45, 2.75) is 107 Å². The van der Waals surface area contributed by atoms with Gasteiger partial charge in [-0.25, -0.2) is 22.5 Å². The normalized spacial score (nSPS) is 24.2. The monoisotopic (exact) mass is 952 g/mol. The number of morpholine rings is 1. The molecule has 5 heterocycles. The Morgan fingerprint density at radius 2 is 1.81 bits per heavy atom. The number of benzene rings is 3. The van der Waals surface area contributed by atoms with Crippen LogP contribution in [0.3, 0.4) is 0 Å². The first-order valence-corrected chi connectivity index (χ1v) is 25.1. The van der Waals surface area contributed by atoms with Gasteiger partial charge in [0.15, 0.2) is 5.75 Å². The molecule has 5 aliphatic rings. The summed E-state index contributed by atoms with van der Waals surface area (Å²) in [6, 6.07) is 17.7. The number of carbonyl (C=O) groups is 1. The summed E-state index contributed by atoms with van der Waals surface area (Å²) in [5, 5.41) is 22.9. The Bertz CT molecular complexity index is 2850. The molecule has 0 unspecified atom stereocenters.